The van der Waals surface area contributed by atoms with Crippen molar-refractivity contribution < 1.29 is 4.79 Å². The monoisotopic (exact) mass is 259 g/mol. The standard InChI is InChI=1S/C13H13N3O3/c1-8-5-3-4-6-9(8)12(18)16(2)10-7-14-13(19)15-11(10)17/h3-7H,1-2H3,(H2,14,15,17,19). The highest BCUT2D eigenvalue weighted by atomic mass is 16.2. The van der Waals surface area contributed by atoms with Crippen molar-refractivity contribution in [2.45, 2.75) is 6.92 Å². The molecule has 1 aromatic carbocycles. The van der Waals surface area contributed by atoms with Crippen molar-refractivity contribution in [3.8, 4) is 0 Å². The Balaban J connectivity index is 2.42. The Morgan fingerprint density at radius 2 is 1.89 bits per heavy atom. The molecule has 0 unspecified atom stereocenters. The Morgan fingerprint density at radius 3 is 2.53 bits per heavy atom. The first-order valence-corrected chi connectivity index (χ1v) is 5.66. The van der Waals surface area contributed by atoms with E-state index in [9.17, 15) is 14.4 Å². The highest BCUT2D eigenvalue weighted by Gasteiger charge is 2.17. The van der Waals surface area contributed by atoms with Gasteiger partial charge in [-0.15, -0.1) is 0 Å². The van der Waals surface area contributed by atoms with Crippen molar-refractivity contribution in [2.24, 2.45) is 0 Å². The number of anilines is 1. The normalized spacial score (nSPS) is 10.2. The van der Waals surface area contributed by atoms with E-state index in [1.165, 1.54) is 18.1 Å². The summed E-state index contributed by atoms with van der Waals surface area (Å²) >= 11 is 0. The molecule has 0 bridgehead atoms. The van der Waals surface area contributed by atoms with E-state index in [1.54, 1.807) is 12.1 Å². The van der Waals surface area contributed by atoms with Crippen LogP contribution in [0.1, 0.15) is 15.9 Å². The highest BCUT2D eigenvalue weighted by Crippen LogP contribution is 2.12. The maximum absolute atomic E-state index is 12.3. The molecule has 1 heterocycles. The third-order valence-electron chi connectivity index (χ3n) is 2.84. The van der Waals surface area contributed by atoms with Crippen molar-refractivity contribution in [1.29, 1.82) is 0 Å². The summed E-state index contributed by atoms with van der Waals surface area (Å²) in [5.41, 5.74) is 0.210. The molecule has 6 heteroatoms. The second kappa shape index (κ2) is 4.93. The lowest BCUT2D eigenvalue weighted by Crippen LogP contribution is -2.34. The molecule has 6 nitrogen and oxygen atoms in total. The molecule has 0 aliphatic rings. The number of hydrogen-bond acceptors (Lipinski definition) is 3. The zero-order chi connectivity index (χ0) is 14.0. The fourth-order valence-corrected chi connectivity index (χ4v) is 1.75. The summed E-state index contributed by atoms with van der Waals surface area (Å²) in [6.07, 6.45) is 1.22. The molecule has 0 fully saturated rings. The van der Waals surface area contributed by atoms with Gasteiger partial charge in [0.1, 0.15) is 5.69 Å². The van der Waals surface area contributed by atoms with Crippen LogP contribution in [-0.2, 0) is 0 Å². The van der Waals surface area contributed by atoms with Crippen molar-refractivity contribution in [1.82, 2.24) is 9.97 Å². The van der Waals surface area contributed by atoms with Crippen LogP contribution in [0.15, 0.2) is 40.1 Å². The molecular weight excluding hydrogens is 246 g/mol. The first-order valence-electron chi connectivity index (χ1n) is 5.66. The highest BCUT2D eigenvalue weighted by molar-refractivity contribution is 6.06. The van der Waals surface area contributed by atoms with Crippen LogP contribution in [0.3, 0.4) is 0 Å². The summed E-state index contributed by atoms with van der Waals surface area (Å²) in [6.45, 7) is 1.82. The number of aromatic nitrogens is 2. The number of amides is 1. The fraction of sp³-hybridized carbons (Fsp3) is 0.154. The number of hydrogen-bond donors (Lipinski definition) is 2. The molecule has 1 amide bonds. The van der Waals surface area contributed by atoms with Crippen LogP contribution in [0, 0.1) is 6.92 Å². The van der Waals surface area contributed by atoms with E-state index in [4.69, 9.17) is 0 Å². The van der Waals surface area contributed by atoms with Crippen LogP contribution in [0.4, 0.5) is 5.69 Å². The van der Waals surface area contributed by atoms with Gasteiger partial charge in [-0.3, -0.25) is 14.6 Å². The van der Waals surface area contributed by atoms with Gasteiger partial charge in [-0.25, -0.2) is 4.79 Å². The van der Waals surface area contributed by atoms with Gasteiger partial charge in [-0.1, -0.05) is 18.2 Å². The molecule has 2 rings (SSSR count). The van der Waals surface area contributed by atoms with Crippen molar-refractivity contribution in [3.63, 3.8) is 0 Å². The van der Waals surface area contributed by atoms with Gasteiger partial charge in [0.15, 0.2) is 0 Å². The van der Waals surface area contributed by atoms with Crippen LogP contribution < -0.4 is 16.1 Å². The van der Waals surface area contributed by atoms with Gasteiger partial charge >= 0.3 is 5.69 Å². The van der Waals surface area contributed by atoms with Crippen molar-refractivity contribution in [3.05, 3.63) is 62.4 Å². The first kappa shape index (κ1) is 12.8. The SMILES string of the molecule is Cc1ccccc1C(=O)N(C)c1c[nH]c(=O)[nH]c1=O. The van der Waals surface area contributed by atoms with E-state index in [0.717, 1.165) is 5.56 Å². The molecule has 0 aliphatic heterocycles. The van der Waals surface area contributed by atoms with E-state index >= 15 is 0 Å². The quantitative estimate of drug-likeness (QED) is 0.830. The molecule has 2 aromatic rings. The average Bonchev–Trinajstić information content (AvgIpc) is 2.38. The molecule has 0 aliphatic carbocycles. The van der Waals surface area contributed by atoms with Gasteiger partial charge in [0.2, 0.25) is 0 Å². The van der Waals surface area contributed by atoms with E-state index in [2.05, 4.69) is 9.97 Å². The van der Waals surface area contributed by atoms with E-state index in [1.807, 2.05) is 19.1 Å². The average molecular weight is 259 g/mol. The number of aromatic amines is 2. The minimum Gasteiger partial charge on any atom is -0.312 e. The minimum absolute atomic E-state index is 0.0906. The predicted octanol–water partition coefficient (Wildman–Crippen LogP) is 0.648. The lowest BCUT2D eigenvalue weighted by molar-refractivity contribution is 0.0992. The Hall–Kier alpha value is -2.63. The zero-order valence-electron chi connectivity index (χ0n) is 10.6. The topological polar surface area (TPSA) is 86.0 Å². The molecule has 1 aromatic heterocycles. The fourth-order valence-electron chi connectivity index (χ4n) is 1.75. The third-order valence-corrected chi connectivity index (χ3v) is 2.84. The van der Waals surface area contributed by atoms with Crippen molar-refractivity contribution in [2.75, 3.05) is 11.9 Å². The maximum atomic E-state index is 12.3. The van der Waals surface area contributed by atoms with Gasteiger partial charge in [-0.2, -0.15) is 0 Å². The lowest BCUT2D eigenvalue weighted by atomic mass is 10.1. The zero-order valence-corrected chi connectivity index (χ0v) is 10.6. The van der Waals surface area contributed by atoms with Gasteiger partial charge < -0.3 is 9.88 Å². The van der Waals surface area contributed by atoms with Gasteiger partial charge in [0, 0.05) is 18.8 Å². The number of carbonyl (C=O) groups excluding carboxylic acids is 1. The van der Waals surface area contributed by atoms with Crippen LogP contribution in [-0.4, -0.2) is 22.9 Å². The molecule has 98 valence electrons. The Kier molecular flexibility index (Phi) is 3.33. The van der Waals surface area contributed by atoms with Crippen LogP contribution >= 0.6 is 0 Å². The van der Waals surface area contributed by atoms with Gasteiger partial charge in [0.25, 0.3) is 11.5 Å². The largest absolute Gasteiger partial charge is 0.325 e. The molecule has 0 spiro atoms. The Bertz CT molecular complexity index is 730. The second-order valence-corrected chi connectivity index (χ2v) is 4.14. The lowest BCUT2D eigenvalue weighted by Gasteiger charge is -2.16. The molecule has 0 saturated heterocycles. The number of aryl methyl sites for hydroxylation is 1. The molecule has 19 heavy (non-hydrogen) atoms. The maximum Gasteiger partial charge on any atom is 0.325 e. The van der Waals surface area contributed by atoms with Crippen LogP contribution in [0.5, 0.6) is 0 Å². The summed E-state index contributed by atoms with van der Waals surface area (Å²) in [7, 11) is 1.48. The first-order chi connectivity index (χ1) is 9.00. The third kappa shape index (κ3) is 2.47. The second-order valence-electron chi connectivity index (χ2n) is 4.14. The molecule has 0 radical (unpaired) electrons. The van der Waals surface area contributed by atoms with Crippen molar-refractivity contribution >= 4 is 11.6 Å². The summed E-state index contributed by atoms with van der Waals surface area (Å²) < 4.78 is 0. The number of carbonyl (C=O) groups is 1. The van der Waals surface area contributed by atoms with Gasteiger partial charge in [0.05, 0.1) is 0 Å². The number of benzene rings is 1. The Labute approximate surface area is 108 Å². The summed E-state index contributed by atoms with van der Waals surface area (Å²) in [5, 5.41) is 0. The number of rotatable bonds is 2. The van der Waals surface area contributed by atoms with Gasteiger partial charge in [-0.05, 0) is 18.6 Å². The molecule has 0 atom stereocenters. The minimum atomic E-state index is -0.606. The summed E-state index contributed by atoms with van der Waals surface area (Å²) in [4.78, 5) is 40.5. The summed E-state index contributed by atoms with van der Waals surface area (Å²) in [6, 6.07) is 7.09. The molecule has 2 N–H and O–H groups in total. The van der Waals surface area contributed by atoms with Crippen LogP contribution in [0.2, 0.25) is 0 Å². The summed E-state index contributed by atoms with van der Waals surface area (Å²) in [5.74, 6) is -0.310. The Morgan fingerprint density at radius 1 is 1.21 bits per heavy atom. The van der Waals surface area contributed by atoms with Crippen LogP contribution in [0.25, 0.3) is 0 Å². The van der Waals surface area contributed by atoms with E-state index in [0.29, 0.717) is 5.56 Å². The van der Waals surface area contributed by atoms with E-state index in [-0.39, 0.29) is 11.6 Å². The number of nitrogens with zero attached hydrogens (tertiary/aromatic N) is 1. The predicted molar refractivity (Wildman–Crippen MR) is 71.6 cm³/mol. The molecule has 0 saturated carbocycles. The molecular formula is C13H13N3O3. The van der Waals surface area contributed by atoms with E-state index < -0.39 is 11.2 Å². The number of H-pyrrole nitrogens is 2. The smallest absolute Gasteiger partial charge is 0.312 e. The number of nitrogens with one attached hydrogen (secondary N) is 2.